The summed E-state index contributed by atoms with van der Waals surface area (Å²) in [5, 5.41) is 11.8. The minimum atomic E-state index is -2.93. The zero-order chi connectivity index (χ0) is 13.8. The molecule has 1 heterocycles. The molecule has 0 spiro atoms. The van der Waals surface area contributed by atoms with Crippen molar-refractivity contribution in [1.29, 1.82) is 0 Å². The number of sulfone groups is 1. The third-order valence-electron chi connectivity index (χ3n) is 2.41. The van der Waals surface area contributed by atoms with Crippen LogP contribution in [0.15, 0.2) is 16.5 Å². The second-order valence-corrected chi connectivity index (χ2v) is 6.43. The molecule has 0 radical (unpaired) electrons. The first-order valence-corrected chi connectivity index (χ1v) is 7.60. The van der Waals surface area contributed by atoms with Crippen molar-refractivity contribution in [2.45, 2.75) is 19.4 Å². The van der Waals surface area contributed by atoms with Gasteiger partial charge in [-0.3, -0.25) is 0 Å². The highest BCUT2D eigenvalue weighted by Crippen LogP contribution is 2.16. The number of carboxylic acid groups (broad SMARTS) is 1. The van der Waals surface area contributed by atoms with Gasteiger partial charge >= 0.3 is 5.97 Å². The Morgan fingerprint density at radius 3 is 2.67 bits per heavy atom. The van der Waals surface area contributed by atoms with E-state index in [2.05, 4.69) is 5.32 Å². The number of rotatable bonds is 7. The van der Waals surface area contributed by atoms with E-state index in [9.17, 15) is 13.2 Å². The predicted molar refractivity (Wildman–Crippen MR) is 66.4 cm³/mol. The lowest BCUT2D eigenvalue weighted by atomic mass is 10.2. The van der Waals surface area contributed by atoms with Crippen molar-refractivity contribution in [2.24, 2.45) is 0 Å². The summed E-state index contributed by atoms with van der Waals surface area (Å²) in [7, 11) is -2.93. The second-order valence-electron chi connectivity index (χ2n) is 4.17. The van der Waals surface area contributed by atoms with Gasteiger partial charge in [0.2, 0.25) is 5.76 Å². The maximum absolute atomic E-state index is 10.9. The van der Waals surface area contributed by atoms with E-state index in [1.54, 1.807) is 6.07 Å². The largest absolute Gasteiger partial charge is 0.475 e. The Hall–Kier alpha value is -1.34. The molecule has 0 aliphatic rings. The monoisotopic (exact) mass is 275 g/mol. The Kier molecular flexibility index (Phi) is 4.92. The van der Waals surface area contributed by atoms with Crippen LogP contribution in [-0.2, 0) is 9.84 Å². The summed E-state index contributed by atoms with van der Waals surface area (Å²) in [6.07, 6.45) is 1.71. The van der Waals surface area contributed by atoms with Gasteiger partial charge in [-0.1, -0.05) is 0 Å². The fourth-order valence-corrected chi connectivity index (χ4v) is 2.12. The van der Waals surface area contributed by atoms with Gasteiger partial charge in [-0.05, 0) is 32.0 Å². The van der Waals surface area contributed by atoms with Gasteiger partial charge in [-0.15, -0.1) is 0 Å². The van der Waals surface area contributed by atoms with Crippen molar-refractivity contribution in [3.05, 3.63) is 23.7 Å². The maximum Gasteiger partial charge on any atom is 0.371 e. The van der Waals surface area contributed by atoms with Crippen molar-refractivity contribution in [2.75, 3.05) is 18.6 Å². The molecule has 1 unspecified atom stereocenters. The highest BCUT2D eigenvalue weighted by atomic mass is 32.2. The smallest absolute Gasteiger partial charge is 0.371 e. The normalized spacial score (nSPS) is 13.4. The van der Waals surface area contributed by atoms with Gasteiger partial charge in [0.15, 0.2) is 0 Å². The van der Waals surface area contributed by atoms with Crippen LogP contribution >= 0.6 is 0 Å². The molecule has 1 aromatic rings. The van der Waals surface area contributed by atoms with Crippen molar-refractivity contribution in [3.63, 3.8) is 0 Å². The lowest BCUT2D eigenvalue weighted by Crippen LogP contribution is -2.21. The van der Waals surface area contributed by atoms with Gasteiger partial charge < -0.3 is 14.8 Å². The van der Waals surface area contributed by atoms with Crippen LogP contribution in [0.4, 0.5) is 0 Å². The molecule has 0 fully saturated rings. The van der Waals surface area contributed by atoms with E-state index >= 15 is 0 Å². The number of furan rings is 1. The van der Waals surface area contributed by atoms with Crippen LogP contribution in [0.25, 0.3) is 0 Å². The molecule has 102 valence electrons. The number of aromatic carboxylic acids is 1. The van der Waals surface area contributed by atoms with Crippen LogP contribution in [0.5, 0.6) is 0 Å². The lowest BCUT2D eigenvalue weighted by molar-refractivity contribution is 0.0659. The van der Waals surface area contributed by atoms with Gasteiger partial charge in [-0.2, -0.15) is 0 Å². The standard InChI is InChI=1S/C11H17NO5S/c1-8(12-6-3-7-18(2,15)16)9-4-5-10(17-9)11(13)14/h4-5,8,12H,3,6-7H2,1-2H3,(H,13,14). The number of carboxylic acids is 1. The third kappa shape index (κ3) is 4.89. The molecule has 0 amide bonds. The van der Waals surface area contributed by atoms with Gasteiger partial charge in [0.05, 0.1) is 11.8 Å². The Labute approximate surface area is 106 Å². The molecule has 6 nitrogen and oxygen atoms in total. The van der Waals surface area contributed by atoms with Crippen LogP contribution < -0.4 is 5.32 Å². The van der Waals surface area contributed by atoms with Gasteiger partial charge in [-0.25, -0.2) is 13.2 Å². The quantitative estimate of drug-likeness (QED) is 0.722. The molecule has 1 atom stereocenters. The third-order valence-corrected chi connectivity index (χ3v) is 3.44. The van der Waals surface area contributed by atoms with Crippen LogP contribution in [-0.4, -0.2) is 38.0 Å². The Balaban J connectivity index is 2.40. The first kappa shape index (κ1) is 14.7. The molecule has 1 aromatic heterocycles. The lowest BCUT2D eigenvalue weighted by Gasteiger charge is -2.10. The summed E-state index contributed by atoms with van der Waals surface area (Å²) < 4.78 is 26.9. The van der Waals surface area contributed by atoms with Crippen molar-refractivity contribution >= 4 is 15.8 Å². The number of nitrogens with one attached hydrogen (secondary N) is 1. The highest BCUT2D eigenvalue weighted by molar-refractivity contribution is 7.90. The summed E-state index contributed by atoms with van der Waals surface area (Å²) in [5.41, 5.74) is 0. The zero-order valence-electron chi connectivity index (χ0n) is 10.3. The van der Waals surface area contributed by atoms with Gasteiger partial charge in [0.1, 0.15) is 15.6 Å². The van der Waals surface area contributed by atoms with E-state index in [4.69, 9.17) is 9.52 Å². The SMILES string of the molecule is CC(NCCCS(C)(=O)=O)c1ccc(C(=O)O)o1. The number of hydrogen-bond acceptors (Lipinski definition) is 5. The fourth-order valence-electron chi connectivity index (χ4n) is 1.45. The van der Waals surface area contributed by atoms with E-state index in [1.807, 2.05) is 6.92 Å². The summed E-state index contributed by atoms with van der Waals surface area (Å²) in [6, 6.07) is 2.84. The molecule has 0 aromatic carbocycles. The first-order chi connectivity index (χ1) is 8.29. The molecular weight excluding hydrogens is 258 g/mol. The molecule has 0 aliphatic heterocycles. The van der Waals surface area contributed by atoms with Crippen LogP contribution in [0, 0.1) is 0 Å². The minimum Gasteiger partial charge on any atom is -0.475 e. The number of hydrogen-bond donors (Lipinski definition) is 2. The molecule has 2 N–H and O–H groups in total. The Bertz CT molecular complexity index is 505. The van der Waals surface area contributed by atoms with E-state index < -0.39 is 15.8 Å². The van der Waals surface area contributed by atoms with E-state index in [-0.39, 0.29) is 17.6 Å². The Morgan fingerprint density at radius 1 is 1.50 bits per heavy atom. The van der Waals surface area contributed by atoms with Crippen molar-refractivity contribution in [3.8, 4) is 0 Å². The fraction of sp³-hybridized carbons (Fsp3) is 0.545. The van der Waals surface area contributed by atoms with E-state index in [0.717, 1.165) is 0 Å². The summed E-state index contributed by atoms with van der Waals surface area (Å²) in [4.78, 5) is 10.6. The zero-order valence-corrected chi connectivity index (χ0v) is 11.2. The summed E-state index contributed by atoms with van der Waals surface area (Å²) in [6.45, 7) is 2.35. The Morgan fingerprint density at radius 2 is 2.17 bits per heavy atom. The molecule has 0 aliphatic carbocycles. The number of carbonyl (C=O) groups is 1. The molecular formula is C11H17NO5S. The highest BCUT2D eigenvalue weighted by Gasteiger charge is 2.13. The van der Waals surface area contributed by atoms with Crippen molar-refractivity contribution in [1.82, 2.24) is 5.32 Å². The van der Waals surface area contributed by atoms with Crippen LogP contribution in [0.3, 0.4) is 0 Å². The molecule has 0 saturated carbocycles. The average molecular weight is 275 g/mol. The van der Waals surface area contributed by atoms with Gasteiger partial charge in [0, 0.05) is 6.26 Å². The van der Waals surface area contributed by atoms with E-state index in [0.29, 0.717) is 18.7 Å². The molecule has 0 saturated heterocycles. The summed E-state index contributed by atoms with van der Waals surface area (Å²) in [5.74, 6) is -0.558. The minimum absolute atomic E-state index is 0.102. The molecule has 18 heavy (non-hydrogen) atoms. The van der Waals surface area contributed by atoms with Gasteiger partial charge in [0.25, 0.3) is 0 Å². The van der Waals surface area contributed by atoms with Crippen LogP contribution in [0.2, 0.25) is 0 Å². The van der Waals surface area contributed by atoms with Crippen molar-refractivity contribution < 1.29 is 22.7 Å². The predicted octanol–water partition coefficient (Wildman–Crippen LogP) is 1.06. The second kappa shape index (κ2) is 6.01. The average Bonchev–Trinajstić information content (AvgIpc) is 2.72. The topological polar surface area (TPSA) is 96.6 Å². The first-order valence-electron chi connectivity index (χ1n) is 5.54. The molecule has 7 heteroatoms. The molecule has 1 rings (SSSR count). The molecule has 0 bridgehead atoms. The summed E-state index contributed by atoms with van der Waals surface area (Å²) >= 11 is 0. The maximum atomic E-state index is 10.9. The van der Waals surface area contributed by atoms with E-state index in [1.165, 1.54) is 12.3 Å². The van der Waals surface area contributed by atoms with Crippen LogP contribution in [0.1, 0.15) is 35.7 Å².